The fraction of sp³-hybridized carbons (Fsp3) is 0.0417. The molecule has 0 fully saturated rings. The molecule has 1 heterocycles. The number of rotatable bonds is 6. The van der Waals surface area contributed by atoms with Gasteiger partial charge in [0.2, 0.25) is 0 Å². The van der Waals surface area contributed by atoms with Crippen LogP contribution in [0.4, 0.5) is 10.1 Å². The Hall–Kier alpha value is -4.26. The minimum absolute atomic E-state index is 0.0712. The summed E-state index contributed by atoms with van der Waals surface area (Å²) in [6.07, 6.45) is 1.16. The lowest BCUT2D eigenvalue weighted by molar-refractivity contribution is 0.0945. The SMILES string of the molecule is O=C(Nc1cccc(F)c1)c1ccccc1-c1ocnc1C(=O)NCc1ccccc1. The summed E-state index contributed by atoms with van der Waals surface area (Å²) in [4.78, 5) is 29.6. The molecule has 31 heavy (non-hydrogen) atoms. The van der Waals surface area contributed by atoms with Gasteiger partial charge in [0.25, 0.3) is 11.8 Å². The summed E-state index contributed by atoms with van der Waals surface area (Å²) in [5.74, 6) is -1.17. The van der Waals surface area contributed by atoms with Gasteiger partial charge in [-0.25, -0.2) is 9.37 Å². The number of nitrogens with one attached hydrogen (secondary N) is 2. The predicted molar refractivity (Wildman–Crippen MR) is 114 cm³/mol. The molecule has 0 radical (unpaired) electrons. The molecule has 0 aliphatic rings. The van der Waals surface area contributed by atoms with Crippen LogP contribution in [0.3, 0.4) is 0 Å². The molecule has 1 aromatic heterocycles. The van der Waals surface area contributed by atoms with Gasteiger partial charge in [0.1, 0.15) is 5.82 Å². The van der Waals surface area contributed by atoms with Crippen LogP contribution in [0.25, 0.3) is 11.3 Å². The van der Waals surface area contributed by atoms with Gasteiger partial charge in [-0.1, -0.05) is 54.6 Å². The van der Waals surface area contributed by atoms with Gasteiger partial charge in [-0.05, 0) is 29.8 Å². The monoisotopic (exact) mass is 415 g/mol. The number of halogens is 1. The van der Waals surface area contributed by atoms with Gasteiger partial charge in [-0.2, -0.15) is 0 Å². The molecule has 0 saturated heterocycles. The molecule has 0 saturated carbocycles. The minimum Gasteiger partial charge on any atom is -0.443 e. The Morgan fingerprint density at radius 3 is 2.48 bits per heavy atom. The summed E-state index contributed by atoms with van der Waals surface area (Å²) in [7, 11) is 0. The van der Waals surface area contributed by atoms with Crippen molar-refractivity contribution < 1.29 is 18.4 Å². The third-order valence-electron chi connectivity index (χ3n) is 4.58. The van der Waals surface area contributed by atoms with Gasteiger partial charge in [0.15, 0.2) is 17.8 Å². The van der Waals surface area contributed by atoms with Crippen molar-refractivity contribution in [1.29, 1.82) is 0 Å². The van der Waals surface area contributed by atoms with Crippen molar-refractivity contribution in [2.75, 3.05) is 5.32 Å². The standard InChI is InChI=1S/C24H18FN3O3/c25-17-9-6-10-18(13-17)28-23(29)20-12-5-4-11-19(20)22-21(27-15-31-22)24(30)26-14-16-7-2-1-3-8-16/h1-13,15H,14H2,(H,26,30)(H,28,29). The van der Waals surface area contributed by atoms with E-state index in [-0.39, 0.29) is 17.0 Å². The normalized spacial score (nSPS) is 10.5. The molecule has 154 valence electrons. The van der Waals surface area contributed by atoms with E-state index >= 15 is 0 Å². The topological polar surface area (TPSA) is 84.2 Å². The number of amides is 2. The number of benzene rings is 3. The first-order valence-electron chi connectivity index (χ1n) is 9.54. The van der Waals surface area contributed by atoms with Crippen molar-refractivity contribution in [3.63, 3.8) is 0 Å². The maximum atomic E-state index is 13.4. The quantitative estimate of drug-likeness (QED) is 0.480. The Morgan fingerprint density at radius 1 is 0.903 bits per heavy atom. The third kappa shape index (κ3) is 4.67. The summed E-state index contributed by atoms with van der Waals surface area (Å²) in [5, 5.41) is 5.46. The largest absolute Gasteiger partial charge is 0.443 e. The van der Waals surface area contributed by atoms with E-state index in [1.807, 2.05) is 30.3 Å². The van der Waals surface area contributed by atoms with Crippen LogP contribution in [-0.4, -0.2) is 16.8 Å². The molecule has 3 aromatic carbocycles. The Kier molecular flexibility index (Phi) is 5.84. The molecule has 0 atom stereocenters. The van der Waals surface area contributed by atoms with Crippen LogP contribution >= 0.6 is 0 Å². The van der Waals surface area contributed by atoms with Crippen LogP contribution in [0.5, 0.6) is 0 Å². The number of aromatic nitrogens is 1. The predicted octanol–water partition coefficient (Wildman–Crippen LogP) is 4.66. The molecule has 2 N–H and O–H groups in total. The lowest BCUT2D eigenvalue weighted by Crippen LogP contribution is -2.24. The molecule has 0 aliphatic heterocycles. The van der Waals surface area contributed by atoms with Crippen LogP contribution in [0, 0.1) is 5.82 Å². The Labute approximate surface area is 177 Å². The molecule has 0 bridgehead atoms. The number of oxazole rings is 1. The first kappa shape index (κ1) is 20.0. The molecule has 7 heteroatoms. The van der Waals surface area contributed by atoms with Gasteiger partial charge in [-0.3, -0.25) is 9.59 Å². The molecule has 0 unspecified atom stereocenters. The van der Waals surface area contributed by atoms with Crippen molar-refractivity contribution in [2.24, 2.45) is 0 Å². The van der Waals surface area contributed by atoms with Crippen LogP contribution < -0.4 is 10.6 Å². The zero-order valence-electron chi connectivity index (χ0n) is 16.3. The van der Waals surface area contributed by atoms with E-state index in [0.29, 0.717) is 17.8 Å². The van der Waals surface area contributed by atoms with Crippen LogP contribution in [0.15, 0.2) is 89.7 Å². The highest BCUT2D eigenvalue weighted by Gasteiger charge is 2.22. The zero-order valence-corrected chi connectivity index (χ0v) is 16.3. The number of anilines is 1. The van der Waals surface area contributed by atoms with E-state index in [1.54, 1.807) is 30.3 Å². The second kappa shape index (κ2) is 9.04. The van der Waals surface area contributed by atoms with Crippen molar-refractivity contribution in [2.45, 2.75) is 6.54 Å². The van der Waals surface area contributed by atoms with E-state index in [9.17, 15) is 14.0 Å². The van der Waals surface area contributed by atoms with Crippen molar-refractivity contribution in [1.82, 2.24) is 10.3 Å². The highest BCUT2D eigenvalue weighted by molar-refractivity contribution is 6.09. The second-order valence-electron chi connectivity index (χ2n) is 6.71. The zero-order chi connectivity index (χ0) is 21.6. The average Bonchev–Trinajstić information content (AvgIpc) is 3.28. The smallest absolute Gasteiger partial charge is 0.274 e. The highest BCUT2D eigenvalue weighted by atomic mass is 19.1. The lowest BCUT2D eigenvalue weighted by atomic mass is 10.0. The van der Waals surface area contributed by atoms with E-state index < -0.39 is 17.6 Å². The fourth-order valence-corrected chi connectivity index (χ4v) is 3.10. The van der Waals surface area contributed by atoms with Gasteiger partial charge in [-0.15, -0.1) is 0 Å². The maximum Gasteiger partial charge on any atom is 0.274 e. The van der Waals surface area contributed by atoms with Gasteiger partial charge < -0.3 is 15.1 Å². The first-order chi connectivity index (χ1) is 15.1. The number of nitrogens with zero attached hydrogens (tertiary/aromatic N) is 1. The van der Waals surface area contributed by atoms with E-state index in [1.165, 1.54) is 18.2 Å². The van der Waals surface area contributed by atoms with Crippen molar-refractivity contribution >= 4 is 17.5 Å². The minimum atomic E-state index is -0.465. The molecular weight excluding hydrogens is 397 g/mol. The Balaban J connectivity index is 1.58. The molecule has 6 nitrogen and oxygen atoms in total. The molecule has 0 aliphatic carbocycles. The van der Waals surface area contributed by atoms with E-state index in [4.69, 9.17) is 4.42 Å². The Morgan fingerprint density at radius 2 is 1.68 bits per heavy atom. The number of hydrogen-bond acceptors (Lipinski definition) is 4. The van der Waals surface area contributed by atoms with Crippen LogP contribution in [0.2, 0.25) is 0 Å². The summed E-state index contributed by atoms with van der Waals surface area (Å²) < 4.78 is 18.9. The average molecular weight is 415 g/mol. The van der Waals surface area contributed by atoms with Crippen molar-refractivity contribution in [3.8, 4) is 11.3 Å². The number of hydrogen-bond donors (Lipinski definition) is 2. The number of carbonyl (C=O) groups excluding carboxylic acids is 2. The summed E-state index contributed by atoms with van der Waals surface area (Å²) in [5.41, 5.74) is 2.00. The maximum absolute atomic E-state index is 13.4. The molecule has 4 rings (SSSR count). The molecule has 0 spiro atoms. The fourth-order valence-electron chi connectivity index (χ4n) is 3.10. The lowest BCUT2D eigenvalue weighted by Gasteiger charge is -2.10. The first-order valence-corrected chi connectivity index (χ1v) is 9.54. The number of carbonyl (C=O) groups is 2. The van der Waals surface area contributed by atoms with Crippen LogP contribution in [0.1, 0.15) is 26.4 Å². The summed E-state index contributed by atoms with van der Waals surface area (Å²) >= 11 is 0. The second-order valence-corrected chi connectivity index (χ2v) is 6.71. The molecular formula is C24H18FN3O3. The highest BCUT2D eigenvalue weighted by Crippen LogP contribution is 2.27. The summed E-state index contributed by atoms with van der Waals surface area (Å²) in [6, 6.07) is 21.7. The van der Waals surface area contributed by atoms with E-state index in [2.05, 4.69) is 15.6 Å². The Bertz CT molecular complexity index is 1220. The van der Waals surface area contributed by atoms with Crippen molar-refractivity contribution in [3.05, 3.63) is 108 Å². The van der Waals surface area contributed by atoms with Gasteiger partial charge >= 0.3 is 0 Å². The van der Waals surface area contributed by atoms with Gasteiger partial charge in [0, 0.05) is 17.8 Å². The van der Waals surface area contributed by atoms with Crippen LogP contribution in [-0.2, 0) is 6.54 Å². The summed E-state index contributed by atoms with van der Waals surface area (Å²) in [6.45, 7) is 0.327. The third-order valence-corrected chi connectivity index (χ3v) is 4.58. The van der Waals surface area contributed by atoms with E-state index in [0.717, 1.165) is 12.0 Å². The molecule has 2 amide bonds. The molecule has 4 aromatic rings. The van der Waals surface area contributed by atoms with Gasteiger partial charge in [0.05, 0.1) is 5.56 Å².